The van der Waals surface area contributed by atoms with Crippen LogP contribution in [0, 0.1) is 0 Å². The second kappa shape index (κ2) is 6.58. The molecule has 0 amide bonds. The van der Waals surface area contributed by atoms with Crippen molar-refractivity contribution in [3.05, 3.63) is 17.2 Å². The van der Waals surface area contributed by atoms with Gasteiger partial charge in [0, 0.05) is 38.4 Å². The van der Waals surface area contributed by atoms with Crippen LogP contribution in [0.25, 0.3) is 0 Å². The average Bonchev–Trinajstić information content (AvgIpc) is 2.78. The molecule has 0 aromatic carbocycles. The normalized spacial score (nSPS) is 15.4. The van der Waals surface area contributed by atoms with E-state index in [0.717, 1.165) is 12.8 Å². The topological polar surface area (TPSA) is 39.1 Å². The lowest BCUT2D eigenvalue weighted by molar-refractivity contribution is -0.147. The molecule has 0 saturated heterocycles. The van der Waals surface area contributed by atoms with Crippen LogP contribution in [-0.2, 0) is 30.4 Å². The molecule has 2 rings (SSSR count). The number of alkyl halides is 3. The van der Waals surface area contributed by atoms with E-state index in [2.05, 4.69) is 10.3 Å². The molecule has 1 aromatic heterocycles. The van der Waals surface area contributed by atoms with Crippen LogP contribution in [0.5, 0.6) is 0 Å². The number of nitrogens with zero attached hydrogens (tertiary/aromatic N) is 2. The van der Waals surface area contributed by atoms with Gasteiger partial charge in [-0.25, -0.2) is 4.98 Å². The van der Waals surface area contributed by atoms with Crippen molar-refractivity contribution in [2.24, 2.45) is 0 Å². The van der Waals surface area contributed by atoms with Gasteiger partial charge in [0.15, 0.2) is 0 Å². The van der Waals surface area contributed by atoms with E-state index >= 15 is 0 Å². The summed E-state index contributed by atoms with van der Waals surface area (Å²) in [5.74, 6) is -0.801. The molecule has 114 valence electrons. The second-order valence-corrected chi connectivity index (χ2v) is 4.87. The van der Waals surface area contributed by atoms with Gasteiger partial charge in [-0.2, -0.15) is 13.2 Å². The van der Waals surface area contributed by atoms with Crippen LogP contribution >= 0.6 is 0 Å². The molecule has 20 heavy (non-hydrogen) atoms. The SMILES string of the molecule is CCCCOCCn1c(C(F)(F)F)nc2c1CCNC2. The number of fused-ring (bicyclic) bond motifs is 1. The number of unbranched alkanes of at least 4 members (excludes halogenated alkanes) is 1. The maximum absolute atomic E-state index is 13.0. The molecule has 4 nitrogen and oxygen atoms in total. The molecule has 0 saturated carbocycles. The van der Waals surface area contributed by atoms with Crippen molar-refractivity contribution in [3.63, 3.8) is 0 Å². The van der Waals surface area contributed by atoms with Gasteiger partial charge >= 0.3 is 6.18 Å². The van der Waals surface area contributed by atoms with E-state index in [4.69, 9.17) is 4.74 Å². The van der Waals surface area contributed by atoms with Crippen molar-refractivity contribution < 1.29 is 17.9 Å². The van der Waals surface area contributed by atoms with Gasteiger partial charge in [0.1, 0.15) is 0 Å². The summed E-state index contributed by atoms with van der Waals surface area (Å²) >= 11 is 0. The molecular weight excluding hydrogens is 271 g/mol. The van der Waals surface area contributed by atoms with Crippen LogP contribution in [0.15, 0.2) is 0 Å². The summed E-state index contributed by atoms with van der Waals surface area (Å²) in [5.41, 5.74) is 1.20. The molecule has 0 bridgehead atoms. The molecule has 1 aliphatic heterocycles. The average molecular weight is 291 g/mol. The fourth-order valence-electron chi connectivity index (χ4n) is 2.33. The van der Waals surface area contributed by atoms with Gasteiger partial charge in [0.2, 0.25) is 5.82 Å². The first-order valence-corrected chi connectivity index (χ1v) is 6.98. The number of rotatable bonds is 6. The molecule has 0 fully saturated rings. The molecule has 0 spiro atoms. The Bertz CT molecular complexity index is 443. The summed E-state index contributed by atoms with van der Waals surface area (Å²) in [5, 5.41) is 3.04. The molecule has 0 aliphatic carbocycles. The summed E-state index contributed by atoms with van der Waals surface area (Å²) in [6.07, 6.45) is -1.90. The van der Waals surface area contributed by atoms with E-state index in [1.165, 1.54) is 4.57 Å². The zero-order valence-electron chi connectivity index (χ0n) is 11.6. The third kappa shape index (κ3) is 3.52. The minimum atomic E-state index is -4.42. The van der Waals surface area contributed by atoms with Gasteiger partial charge < -0.3 is 14.6 Å². The van der Waals surface area contributed by atoms with Crippen molar-refractivity contribution in [1.29, 1.82) is 0 Å². The van der Waals surface area contributed by atoms with Crippen LogP contribution in [0.2, 0.25) is 0 Å². The number of nitrogens with one attached hydrogen (secondary N) is 1. The van der Waals surface area contributed by atoms with Gasteiger partial charge in [-0.3, -0.25) is 0 Å². The monoisotopic (exact) mass is 291 g/mol. The Balaban J connectivity index is 2.10. The first-order chi connectivity index (χ1) is 9.54. The van der Waals surface area contributed by atoms with Crippen molar-refractivity contribution >= 4 is 0 Å². The summed E-state index contributed by atoms with van der Waals surface area (Å²) in [4.78, 5) is 3.76. The zero-order valence-corrected chi connectivity index (χ0v) is 11.6. The fourth-order valence-corrected chi connectivity index (χ4v) is 2.33. The maximum atomic E-state index is 13.0. The van der Waals surface area contributed by atoms with Crippen LogP contribution < -0.4 is 5.32 Å². The summed E-state index contributed by atoms with van der Waals surface area (Å²) in [6.45, 7) is 4.23. The number of hydrogen-bond acceptors (Lipinski definition) is 3. The molecule has 7 heteroatoms. The van der Waals surface area contributed by atoms with Gasteiger partial charge in [-0.1, -0.05) is 13.3 Å². The zero-order chi connectivity index (χ0) is 14.6. The van der Waals surface area contributed by atoms with Crippen molar-refractivity contribution in [1.82, 2.24) is 14.9 Å². The van der Waals surface area contributed by atoms with Gasteiger partial charge in [0.05, 0.1) is 12.3 Å². The van der Waals surface area contributed by atoms with Gasteiger partial charge in [0.25, 0.3) is 0 Å². The first-order valence-electron chi connectivity index (χ1n) is 6.98. The lowest BCUT2D eigenvalue weighted by Gasteiger charge is -2.17. The molecular formula is C13H20F3N3O. The van der Waals surface area contributed by atoms with E-state index in [1.54, 1.807) is 0 Å². The lowest BCUT2D eigenvalue weighted by atomic mass is 10.2. The van der Waals surface area contributed by atoms with Crippen LogP contribution in [0.3, 0.4) is 0 Å². The third-order valence-corrected chi connectivity index (χ3v) is 3.34. The highest BCUT2D eigenvalue weighted by atomic mass is 19.4. The second-order valence-electron chi connectivity index (χ2n) is 4.87. The quantitative estimate of drug-likeness (QED) is 0.818. The van der Waals surface area contributed by atoms with E-state index in [1.807, 2.05) is 6.92 Å². The lowest BCUT2D eigenvalue weighted by Crippen LogP contribution is -2.26. The Labute approximate surface area is 116 Å². The Morgan fingerprint density at radius 1 is 1.35 bits per heavy atom. The number of imidazole rings is 1. The van der Waals surface area contributed by atoms with Crippen LogP contribution in [0.4, 0.5) is 13.2 Å². The Morgan fingerprint density at radius 2 is 2.15 bits per heavy atom. The highest BCUT2D eigenvalue weighted by Crippen LogP contribution is 2.31. The van der Waals surface area contributed by atoms with Gasteiger partial charge in [-0.15, -0.1) is 0 Å². The minimum Gasteiger partial charge on any atom is -0.380 e. The Hall–Kier alpha value is -1.08. The number of halogens is 3. The first kappa shape index (κ1) is 15.3. The fraction of sp³-hybridized carbons (Fsp3) is 0.769. The molecule has 0 atom stereocenters. The van der Waals surface area contributed by atoms with E-state index in [9.17, 15) is 13.2 Å². The number of ether oxygens (including phenoxy) is 1. The molecule has 1 aliphatic rings. The van der Waals surface area contributed by atoms with Crippen LogP contribution in [0.1, 0.15) is 37.0 Å². The molecule has 1 aromatic rings. The van der Waals surface area contributed by atoms with E-state index < -0.39 is 12.0 Å². The Kier molecular flexibility index (Phi) is 5.04. The predicted octanol–water partition coefficient (Wildman–Crippen LogP) is 2.36. The number of hydrogen-bond donors (Lipinski definition) is 1. The summed E-state index contributed by atoms with van der Waals surface area (Å²) < 4.78 is 45.7. The highest BCUT2D eigenvalue weighted by Gasteiger charge is 2.39. The molecule has 1 N–H and O–H groups in total. The maximum Gasteiger partial charge on any atom is 0.449 e. The molecule has 2 heterocycles. The van der Waals surface area contributed by atoms with E-state index in [0.29, 0.717) is 44.1 Å². The van der Waals surface area contributed by atoms with Crippen molar-refractivity contribution in [3.8, 4) is 0 Å². The Morgan fingerprint density at radius 3 is 2.85 bits per heavy atom. The predicted molar refractivity (Wildman–Crippen MR) is 68.4 cm³/mol. The van der Waals surface area contributed by atoms with Crippen molar-refractivity contribution in [2.45, 2.75) is 45.5 Å². The molecule has 0 radical (unpaired) electrons. The largest absolute Gasteiger partial charge is 0.449 e. The minimum absolute atomic E-state index is 0.209. The van der Waals surface area contributed by atoms with Crippen LogP contribution in [-0.4, -0.2) is 29.3 Å². The smallest absolute Gasteiger partial charge is 0.380 e. The van der Waals surface area contributed by atoms with Gasteiger partial charge in [-0.05, 0) is 6.42 Å². The van der Waals surface area contributed by atoms with Crippen molar-refractivity contribution in [2.75, 3.05) is 19.8 Å². The summed E-state index contributed by atoms with van der Waals surface area (Å²) in [6, 6.07) is 0. The summed E-state index contributed by atoms with van der Waals surface area (Å²) in [7, 11) is 0. The standard InChI is InChI=1S/C13H20F3N3O/c1-2-3-7-20-8-6-19-11-4-5-17-9-10(11)18-12(19)13(14,15)16/h17H,2-9H2,1H3. The third-order valence-electron chi connectivity index (χ3n) is 3.34. The molecule has 0 unspecified atom stereocenters. The highest BCUT2D eigenvalue weighted by molar-refractivity contribution is 5.21. The number of aromatic nitrogens is 2. The van der Waals surface area contributed by atoms with E-state index in [-0.39, 0.29) is 6.54 Å².